The van der Waals surface area contributed by atoms with E-state index in [0.29, 0.717) is 11.3 Å². The van der Waals surface area contributed by atoms with Crippen LogP contribution in [0.15, 0.2) is 53.6 Å². The van der Waals surface area contributed by atoms with E-state index in [1.165, 1.54) is 24.3 Å². The molecule has 22 heavy (non-hydrogen) atoms. The molecule has 2 aromatic carbocycles. The van der Waals surface area contributed by atoms with Crippen molar-refractivity contribution in [2.75, 3.05) is 4.90 Å². The van der Waals surface area contributed by atoms with Crippen molar-refractivity contribution in [3.05, 3.63) is 70.5 Å². The monoisotopic (exact) mass is 315 g/mol. The number of amides is 2. The quantitative estimate of drug-likeness (QED) is 0.793. The second-order valence-corrected chi connectivity index (χ2v) is 5.36. The Morgan fingerprint density at radius 3 is 2.09 bits per heavy atom. The molecule has 0 atom stereocenters. The second kappa shape index (κ2) is 5.39. The number of hydrogen-bond donors (Lipinski definition) is 0. The Bertz CT molecular complexity index is 794. The van der Waals surface area contributed by atoms with Crippen LogP contribution in [0.2, 0.25) is 0 Å². The van der Waals surface area contributed by atoms with Crippen LogP contribution in [0.1, 0.15) is 11.1 Å². The fourth-order valence-corrected chi connectivity index (χ4v) is 2.57. The number of nitrogens with zero attached hydrogens (tertiary/aromatic N) is 1. The van der Waals surface area contributed by atoms with Crippen LogP contribution in [-0.4, -0.2) is 11.8 Å². The largest absolute Gasteiger partial charge is 0.277 e. The Labute approximate surface area is 131 Å². The van der Waals surface area contributed by atoms with Crippen molar-refractivity contribution in [2.45, 2.75) is 6.92 Å². The van der Waals surface area contributed by atoms with Crippen LogP contribution < -0.4 is 4.90 Å². The van der Waals surface area contributed by atoms with Gasteiger partial charge < -0.3 is 0 Å². The van der Waals surface area contributed by atoms with Gasteiger partial charge in [0, 0.05) is 0 Å². The summed E-state index contributed by atoms with van der Waals surface area (Å²) in [7, 11) is 0. The zero-order valence-electron chi connectivity index (χ0n) is 11.6. The Hall–Kier alpha value is -2.46. The van der Waals surface area contributed by atoms with E-state index in [-0.39, 0.29) is 10.6 Å². The highest BCUT2D eigenvalue weighted by molar-refractivity contribution is 6.60. The molecule has 0 unspecified atom stereocenters. The Kier molecular flexibility index (Phi) is 3.54. The van der Waals surface area contributed by atoms with E-state index >= 15 is 0 Å². The predicted octanol–water partition coefficient (Wildman–Crippen LogP) is 3.66. The third-order valence-electron chi connectivity index (χ3n) is 3.45. The van der Waals surface area contributed by atoms with Gasteiger partial charge in [-0.2, -0.15) is 0 Å². The first-order valence-electron chi connectivity index (χ1n) is 6.60. The van der Waals surface area contributed by atoms with Gasteiger partial charge in [0.1, 0.15) is 10.8 Å². The molecule has 0 saturated heterocycles. The van der Waals surface area contributed by atoms with Gasteiger partial charge in [0.05, 0.1) is 11.3 Å². The highest BCUT2D eigenvalue weighted by Gasteiger charge is 2.39. The first-order valence-corrected chi connectivity index (χ1v) is 6.98. The summed E-state index contributed by atoms with van der Waals surface area (Å²) in [6.07, 6.45) is 0. The van der Waals surface area contributed by atoms with Gasteiger partial charge in [-0.25, -0.2) is 9.29 Å². The average molecular weight is 316 g/mol. The van der Waals surface area contributed by atoms with Crippen molar-refractivity contribution in [1.29, 1.82) is 0 Å². The number of halogens is 2. The maximum atomic E-state index is 13.0. The second-order valence-electron chi connectivity index (χ2n) is 4.98. The van der Waals surface area contributed by atoms with Crippen LogP contribution in [0.25, 0.3) is 5.57 Å². The Morgan fingerprint density at radius 1 is 0.909 bits per heavy atom. The molecule has 1 aliphatic heterocycles. The third-order valence-corrected chi connectivity index (χ3v) is 3.80. The molecule has 5 heteroatoms. The highest BCUT2D eigenvalue weighted by Crippen LogP contribution is 2.34. The van der Waals surface area contributed by atoms with E-state index in [2.05, 4.69) is 0 Å². The fourth-order valence-electron chi connectivity index (χ4n) is 2.30. The lowest BCUT2D eigenvalue weighted by Crippen LogP contribution is -2.31. The zero-order chi connectivity index (χ0) is 15.9. The van der Waals surface area contributed by atoms with Crippen LogP contribution >= 0.6 is 11.6 Å². The first-order chi connectivity index (χ1) is 10.5. The van der Waals surface area contributed by atoms with Crippen LogP contribution in [0.5, 0.6) is 0 Å². The number of carbonyl (C=O) groups excluding carboxylic acids is 2. The molecule has 0 saturated carbocycles. The lowest BCUT2D eigenvalue weighted by atomic mass is 10.1. The molecule has 0 fully saturated rings. The van der Waals surface area contributed by atoms with Gasteiger partial charge in [-0.1, -0.05) is 41.4 Å². The van der Waals surface area contributed by atoms with Crippen molar-refractivity contribution >= 4 is 34.7 Å². The average Bonchev–Trinajstić information content (AvgIpc) is 2.72. The third kappa shape index (κ3) is 2.31. The van der Waals surface area contributed by atoms with Gasteiger partial charge in [0.15, 0.2) is 0 Å². The summed E-state index contributed by atoms with van der Waals surface area (Å²) in [6.45, 7) is 1.91. The lowest BCUT2D eigenvalue weighted by molar-refractivity contribution is -0.119. The molecular weight excluding hydrogens is 305 g/mol. The molecule has 2 aromatic rings. The molecule has 3 rings (SSSR count). The van der Waals surface area contributed by atoms with E-state index in [1.54, 1.807) is 24.3 Å². The van der Waals surface area contributed by atoms with Gasteiger partial charge in [0.25, 0.3) is 11.8 Å². The molecule has 2 amide bonds. The molecule has 0 N–H and O–H groups in total. The minimum Gasteiger partial charge on any atom is -0.268 e. The van der Waals surface area contributed by atoms with Crippen molar-refractivity contribution in [2.24, 2.45) is 0 Å². The van der Waals surface area contributed by atoms with Crippen LogP contribution in [-0.2, 0) is 9.59 Å². The summed E-state index contributed by atoms with van der Waals surface area (Å²) in [5.74, 6) is -1.51. The molecule has 110 valence electrons. The van der Waals surface area contributed by atoms with Gasteiger partial charge >= 0.3 is 0 Å². The topological polar surface area (TPSA) is 37.4 Å². The van der Waals surface area contributed by atoms with E-state index in [1.807, 2.05) is 6.92 Å². The molecule has 0 radical (unpaired) electrons. The van der Waals surface area contributed by atoms with Crippen LogP contribution in [0.4, 0.5) is 10.1 Å². The number of anilines is 1. The molecule has 0 aromatic heterocycles. The highest BCUT2D eigenvalue weighted by atomic mass is 35.5. The summed E-state index contributed by atoms with van der Waals surface area (Å²) >= 11 is 6.05. The van der Waals surface area contributed by atoms with E-state index in [0.717, 1.165) is 10.5 Å². The molecule has 0 aliphatic carbocycles. The Balaban J connectivity index is 2.03. The number of aryl methyl sites for hydroxylation is 1. The summed E-state index contributed by atoms with van der Waals surface area (Å²) in [5.41, 5.74) is 1.98. The summed E-state index contributed by atoms with van der Waals surface area (Å²) in [6, 6.07) is 12.3. The van der Waals surface area contributed by atoms with Crippen LogP contribution in [0, 0.1) is 12.7 Å². The van der Waals surface area contributed by atoms with Gasteiger partial charge in [-0.05, 0) is 36.8 Å². The smallest absolute Gasteiger partial charge is 0.268 e. The van der Waals surface area contributed by atoms with Crippen molar-refractivity contribution in [3.8, 4) is 0 Å². The normalized spacial score (nSPS) is 15.0. The van der Waals surface area contributed by atoms with Gasteiger partial charge in [0.2, 0.25) is 0 Å². The predicted molar refractivity (Wildman–Crippen MR) is 82.8 cm³/mol. The SMILES string of the molecule is Cc1ccc(N2C(=O)C(Cl)=C(c3ccc(F)cc3)C2=O)cc1. The fraction of sp³-hybridized carbons (Fsp3) is 0.0588. The van der Waals surface area contributed by atoms with E-state index in [9.17, 15) is 14.0 Å². The van der Waals surface area contributed by atoms with E-state index in [4.69, 9.17) is 11.6 Å². The molecule has 0 bridgehead atoms. The molecular formula is C17H11ClFNO2. The van der Waals surface area contributed by atoms with Gasteiger partial charge in [-0.15, -0.1) is 0 Å². The molecule has 1 heterocycles. The lowest BCUT2D eigenvalue weighted by Gasteiger charge is -2.15. The maximum Gasteiger partial charge on any atom is 0.277 e. The summed E-state index contributed by atoms with van der Waals surface area (Å²) in [5, 5.41) is -0.155. The van der Waals surface area contributed by atoms with Crippen molar-refractivity contribution < 1.29 is 14.0 Å². The standard InChI is InChI=1S/C17H11ClFNO2/c1-10-2-8-13(9-3-10)20-16(21)14(15(18)17(20)22)11-4-6-12(19)7-5-11/h2-9H,1H3. The Morgan fingerprint density at radius 2 is 1.50 bits per heavy atom. The number of carbonyl (C=O) groups is 2. The number of benzene rings is 2. The van der Waals surface area contributed by atoms with Crippen molar-refractivity contribution in [3.63, 3.8) is 0 Å². The summed E-state index contributed by atoms with van der Waals surface area (Å²) < 4.78 is 13.0. The van der Waals surface area contributed by atoms with Crippen molar-refractivity contribution in [1.82, 2.24) is 0 Å². The first kappa shape index (κ1) is 14.5. The zero-order valence-corrected chi connectivity index (χ0v) is 12.4. The number of rotatable bonds is 2. The summed E-state index contributed by atoms with van der Waals surface area (Å²) in [4.78, 5) is 25.9. The molecule has 1 aliphatic rings. The minimum absolute atomic E-state index is 0.0900. The molecule has 0 spiro atoms. The maximum absolute atomic E-state index is 13.0. The van der Waals surface area contributed by atoms with Crippen LogP contribution in [0.3, 0.4) is 0 Å². The number of imide groups is 1. The minimum atomic E-state index is -0.574. The molecule has 3 nitrogen and oxygen atoms in total. The van der Waals surface area contributed by atoms with Gasteiger partial charge in [-0.3, -0.25) is 9.59 Å². The number of hydrogen-bond acceptors (Lipinski definition) is 2. The van der Waals surface area contributed by atoms with E-state index < -0.39 is 17.6 Å².